The van der Waals surface area contributed by atoms with Crippen LogP contribution in [0.15, 0.2) is 30.3 Å². The molecule has 0 saturated carbocycles. The summed E-state index contributed by atoms with van der Waals surface area (Å²) in [4.78, 5) is 5.95. The molecule has 0 radical (unpaired) electrons. The molecule has 1 aromatic heterocycles. The molecule has 1 saturated heterocycles. The molecule has 3 rings (SSSR count). The van der Waals surface area contributed by atoms with E-state index < -0.39 is 12.7 Å². The van der Waals surface area contributed by atoms with E-state index in [1.807, 2.05) is 30.3 Å². The predicted octanol–water partition coefficient (Wildman–Crippen LogP) is 3.89. The van der Waals surface area contributed by atoms with Gasteiger partial charge < -0.3 is 5.32 Å². The van der Waals surface area contributed by atoms with Crippen molar-refractivity contribution < 1.29 is 13.2 Å². The Labute approximate surface area is 142 Å². The van der Waals surface area contributed by atoms with Crippen molar-refractivity contribution in [2.24, 2.45) is 5.92 Å². The monoisotopic (exact) mass is 356 g/mol. The number of benzene rings is 1. The number of halogens is 3. The maximum absolute atomic E-state index is 12.4. The summed E-state index contributed by atoms with van der Waals surface area (Å²) >= 11 is 1.31. The zero-order valence-electron chi connectivity index (χ0n) is 13.1. The number of hydrogen-bond acceptors (Lipinski definition) is 5. The molecule has 0 bridgehead atoms. The van der Waals surface area contributed by atoms with E-state index in [9.17, 15) is 13.2 Å². The molecular weight excluding hydrogens is 337 g/mol. The summed E-state index contributed by atoms with van der Waals surface area (Å²) in [6.07, 6.45) is -2.56. The zero-order chi connectivity index (χ0) is 17.0. The van der Waals surface area contributed by atoms with Gasteiger partial charge in [0, 0.05) is 23.6 Å². The maximum atomic E-state index is 12.4. The number of piperidine rings is 1. The lowest BCUT2D eigenvalue weighted by Gasteiger charge is -2.32. The second-order valence-corrected chi connectivity index (χ2v) is 6.76. The topological polar surface area (TPSA) is 41.0 Å². The Morgan fingerprint density at radius 3 is 2.54 bits per heavy atom. The summed E-state index contributed by atoms with van der Waals surface area (Å²) in [6, 6.07) is 9.75. The van der Waals surface area contributed by atoms with E-state index in [0.29, 0.717) is 24.8 Å². The van der Waals surface area contributed by atoms with Crippen LogP contribution in [-0.4, -0.2) is 46.6 Å². The molecule has 2 heterocycles. The fourth-order valence-corrected chi connectivity index (χ4v) is 3.43. The molecule has 1 fully saturated rings. The molecule has 0 atom stereocenters. The Morgan fingerprint density at radius 2 is 1.88 bits per heavy atom. The third-order valence-corrected chi connectivity index (χ3v) is 4.78. The van der Waals surface area contributed by atoms with Gasteiger partial charge in [-0.3, -0.25) is 4.90 Å². The van der Waals surface area contributed by atoms with E-state index >= 15 is 0 Å². The third-order valence-electron chi connectivity index (χ3n) is 4.11. The molecule has 2 aromatic rings. The van der Waals surface area contributed by atoms with Gasteiger partial charge in [0.15, 0.2) is 5.82 Å². The van der Waals surface area contributed by atoms with E-state index in [4.69, 9.17) is 0 Å². The Kier molecular flexibility index (Phi) is 5.35. The van der Waals surface area contributed by atoms with E-state index in [0.717, 1.165) is 30.1 Å². The van der Waals surface area contributed by atoms with Crippen molar-refractivity contribution in [1.82, 2.24) is 14.3 Å². The first-order valence-corrected chi connectivity index (χ1v) is 8.69. The van der Waals surface area contributed by atoms with Gasteiger partial charge in [0.05, 0.1) is 6.54 Å². The van der Waals surface area contributed by atoms with Crippen molar-refractivity contribution in [2.45, 2.75) is 19.0 Å². The second-order valence-electron chi connectivity index (χ2n) is 6.00. The van der Waals surface area contributed by atoms with Crippen LogP contribution in [0.3, 0.4) is 0 Å². The largest absolute Gasteiger partial charge is 0.401 e. The number of aromatic nitrogens is 2. The molecule has 0 unspecified atom stereocenters. The number of nitrogens with one attached hydrogen (secondary N) is 1. The van der Waals surface area contributed by atoms with Crippen molar-refractivity contribution in [2.75, 3.05) is 31.5 Å². The minimum absolute atomic E-state index is 0.374. The molecule has 130 valence electrons. The first-order chi connectivity index (χ1) is 11.5. The predicted molar refractivity (Wildman–Crippen MR) is 89.1 cm³/mol. The maximum Gasteiger partial charge on any atom is 0.401 e. The van der Waals surface area contributed by atoms with Crippen LogP contribution in [0.25, 0.3) is 11.4 Å². The van der Waals surface area contributed by atoms with Crippen LogP contribution < -0.4 is 5.32 Å². The van der Waals surface area contributed by atoms with Crippen molar-refractivity contribution in [3.8, 4) is 11.4 Å². The van der Waals surface area contributed by atoms with Crippen LogP contribution in [0.5, 0.6) is 0 Å². The van der Waals surface area contributed by atoms with E-state index in [-0.39, 0.29) is 0 Å². The summed E-state index contributed by atoms with van der Waals surface area (Å²) in [5.74, 6) is 1.07. The number of rotatable bonds is 5. The lowest BCUT2D eigenvalue weighted by atomic mass is 9.97. The highest BCUT2D eigenvalue weighted by Gasteiger charge is 2.32. The lowest BCUT2D eigenvalue weighted by molar-refractivity contribution is -0.148. The summed E-state index contributed by atoms with van der Waals surface area (Å²) in [5.41, 5.74) is 0.974. The molecule has 1 N–H and O–H groups in total. The summed E-state index contributed by atoms with van der Waals surface area (Å²) in [6.45, 7) is 0.918. The van der Waals surface area contributed by atoms with Crippen molar-refractivity contribution in [3.63, 3.8) is 0 Å². The van der Waals surface area contributed by atoms with Gasteiger partial charge in [0.1, 0.15) is 0 Å². The molecule has 0 aliphatic carbocycles. The summed E-state index contributed by atoms with van der Waals surface area (Å²) < 4.78 is 41.5. The van der Waals surface area contributed by atoms with Crippen LogP contribution >= 0.6 is 11.5 Å². The lowest BCUT2D eigenvalue weighted by Crippen LogP contribution is -2.41. The first-order valence-electron chi connectivity index (χ1n) is 7.92. The number of anilines is 1. The first kappa shape index (κ1) is 17.2. The van der Waals surface area contributed by atoms with E-state index in [1.165, 1.54) is 16.4 Å². The quantitative estimate of drug-likeness (QED) is 0.882. The standard InChI is InChI=1S/C16H19F3N4S/c17-16(18,19)11-23-8-6-12(7-9-23)10-20-15-21-14(22-24-15)13-4-2-1-3-5-13/h1-5,12H,6-11H2,(H,20,21,22). The van der Waals surface area contributed by atoms with Gasteiger partial charge in [-0.05, 0) is 31.8 Å². The molecule has 24 heavy (non-hydrogen) atoms. The van der Waals surface area contributed by atoms with Crippen molar-refractivity contribution in [3.05, 3.63) is 30.3 Å². The Balaban J connectivity index is 1.45. The minimum atomic E-state index is -4.11. The molecule has 1 aliphatic rings. The Hall–Kier alpha value is -1.67. The third kappa shape index (κ3) is 4.91. The van der Waals surface area contributed by atoms with Crippen LogP contribution in [-0.2, 0) is 0 Å². The minimum Gasteiger partial charge on any atom is -0.360 e. The molecule has 0 amide bonds. The Morgan fingerprint density at radius 1 is 1.17 bits per heavy atom. The molecular formula is C16H19F3N4S. The van der Waals surface area contributed by atoms with Gasteiger partial charge >= 0.3 is 6.18 Å². The molecule has 1 aromatic carbocycles. The number of alkyl halides is 3. The Bertz CT molecular complexity index is 636. The summed E-state index contributed by atoms with van der Waals surface area (Å²) in [5, 5.41) is 4.03. The number of nitrogens with zero attached hydrogens (tertiary/aromatic N) is 3. The average molecular weight is 356 g/mol. The van der Waals surface area contributed by atoms with Crippen LogP contribution in [0, 0.1) is 5.92 Å². The van der Waals surface area contributed by atoms with Gasteiger partial charge in [0.25, 0.3) is 0 Å². The molecule has 8 heteroatoms. The van der Waals surface area contributed by atoms with Crippen LogP contribution in [0.2, 0.25) is 0 Å². The van der Waals surface area contributed by atoms with Crippen molar-refractivity contribution >= 4 is 16.7 Å². The van der Waals surface area contributed by atoms with Gasteiger partial charge in [-0.2, -0.15) is 22.5 Å². The highest BCUT2D eigenvalue weighted by molar-refractivity contribution is 7.09. The van der Waals surface area contributed by atoms with Crippen molar-refractivity contribution in [1.29, 1.82) is 0 Å². The van der Waals surface area contributed by atoms with E-state index in [2.05, 4.69) is 14.7 Å². The van der Waals surface area contributed by atoms with Crippen LogP contribution in [0.4, 0.5) is 18.3 Å². The molecule has 4 nitrogen and oxygen atoms in total. The van der Waals surface area contributed by atoms with Crippen LogP contribution in [0.1, 0.15) is 12.8 Å². The smallest absolute Gasteiger partial charge is 0.360 e. The number of hydrogen-bond donors (Lipinski definition) is 1. The fraction of sp³-hybridized carbons (Fsp3) is 0.500. The van der Waals surface area contributed by atoms with Gasteiger partial charge in [0.2, 0.25) is 5.13 Å². The second kappa shape index (κ2) is 7.48. The zero-order valence-corrected chi connectivity index (χ0v) is 13.9. The summed E-state index contributed by atoms with van der Waals surface area (Å²) in [7, 11) is 0. The highest BCUT2D eigenvalue weighted by Crippen LogP contribution is 2.24. The number of likely N-dealkylation sites (tertiary alicyclic amines) is 1. The van der Waals surface area contributed by atoms with Gasteiger partial charge in [-0.1, -0.05) is 30.3 Å². The van der Waals surface area contributed by atoms with Gasteiger partial charge in [-0.15, -0.1) is 0 Å². The normalized spacial score (nSPS) is 17.1. The molecule has 1 aliphatic heterocycles. The molecule has 0 spiro atoms. The highest BCUT2D eigenvalue weighted by atomic mass is 32.1. The van der Waals surface area contributed by atoms with Gasteiger partial charge in [-0.25, -0.2) is 0 Å². The fourth-order valence-electron chi connectivity index (χ4n) is 2.83. The SMILES string of the molecule is FC(F)(F)CN1CCC(CNc2nc(-c3ccccc3)ns2)CC1. The van der Waals surface area contributed by atoms with E-state index in [1.54, 1.807) is 0 Å². The average Bonchev–Trinajstić information content (AvgIpc) is 3.03.